The third-order valence-corrected chi connectivity index (χ3v) is 4.11. The van der Waals surface area contributed by atoms with Gasteiger partial charge in [0.05, 0.1) is 18.3 Å². The molecule has 1 aliphatic rings. The second kappa shape index (κ2) is 5.92. The quantitative estimate of drug-likeness (QED) is 0.888. The van der Waals surface area contributed by atoms with E-state index >= 15 is 0 Å². The van der Waals surface area contributed by atoms with Gasteiger partial charge in [0.2, 0.25) is 5.91 Å². The van der Waals surface area contributed by atoms with Crippen LogP contribution in [0.2, 0.25) is 0 Å². The summed E-state index contributed by atoms with van der Waals surface area (Å²) in [5, 5.41) is 14.8. The van der Waals surface area contributed by atoms with E-state index in [1.54, 1.807) is 10.9 Å². The first-order chi connectivity index (χ1) is 10.6. The fourth-order valence-corrected chi connectivity index (χ4v) is 2.98. The number of aryl methyl sites for hydroxylation is 1. The van der Waals surface area contributed by atoms with Crippen molar-refractivity contribution in [2.24, 2.45) is 13.0 Å². The maximum Gasteiger partial charge on any atom is 0.230 e. The molecule has 3 rings (SSSR count). The Labute approximate surface area is 129 Å². The minimum atomic E-state index is -0.0975. The van der Waals surface area contributed by atoms with Gasteiger partial charge in [-0.05, 0) is 19.4 Å². The molecule has 0 spiro atoms. The lowest BCUT2D eigenvalue weighted by atomic mass is 9.90. The first-order valence-electron chi connectivity index (χ1n) is 7.60. The highest BCUT2D eigenvalue weighted by Gasteiger charge is 2.35. The first-order valence-corrected chi connectivity index (χ1v) is 7.60. The van der Waals surface area contributed by atoms with Crippen LogP contribution in [-0.2, 0) is 11.8 Å². The molecule has 3 heterocycles. The molecule has 2 atom stereocenters. The van der Waals surface area contributed by atoms with Crippen LogP contribution in [0.1, 0.15) is 31.4 Å². The van der Waals surface area contributed by atoms with Crippen molar-refractivity contribution in [3.63, 3.8) is 0 Å². The third kappa shape index (κ3) is 2.76. The van der Waals surface area contributed by atoms with Crippen LogP contribution in [0.15, 0.2) is 24.7 Å². The van der Waals surface area contributed by atoms with Crippen molar-refractivity contribution in [1.29, 1.82) is 0 Å². The van der Waals surface area contributed by atoms with Crippen molar-refractivity contribution in [2.75, 3.05) is 18.4 Å². The number of carbonyl (C=O) groups is 1. The van der Waals surface area contributed by atoms with Gasteiger partial charge in [0.15, 0.2) is 0 Å². The van der Waals surface area contributed by atoms with E-state index in [0.29, 0.717) is 6.54 Å². The van der Waals surface area contributed by atoms with Crippen molar-refractivity contribution in [3.8, 4) is 0 Å². The van der Waals surface area contributed by atoms with E-state index in [-0.39, 0.29) is 23.8 Å². The van der Waals surface area contributed by atoms with Crippen molar-refractivity contribution in [3.05, 3.63) is 30.2 Å². The number of hydrogen-bond acceptors (Lipinski definition) is 4. The zero-order chi connectivity index (χ0) is 15.7. The van der Waals surface area contributed by atoms with Crippen LogP contribution in [0, 0.1) is 5.92 Å². The smallest absolute Gasteiger partial charge is 0.230 e. The normalized spacial score (nSPS) is 21.5. The van der Waals surface area contributed by atoms with E-state index in [4.69, 9.17) is 0 Å². The summed E-state index contributed by atoms with van der Waals surface area (Å²) >= 11 is 0. The molecule has 1 aliphatic heterocycles. The number of carbonyl (C=O) groups excluding carboxylic acids is 1. The summed E-state index contributed by atoms with van der Waals surface area (Å²) in [6.45, 7) is 5.56. The molecule has 1 fully saturated rings. The Kier molecular flexibility index (Phi) is 3.98. The zero-order valence-electron chi connectivity index (χ0n) is 13.2. The Morgan fingerprint density at radius 1 is 1.41 bits per heavy atom. The summed E-state index contributed by atoms with van der Waals surface area (Å²) in [7, 11) is 1.89. The lowest BCUT2D eigenvalue weighted by Crippen LogP contribution is -2.29. The number of nitrogens with zero attached hydrogens (tertiary/aromatic N) is 4. The second-order valence-electron chi connectivity index (χ2n) is 6.06. The van der Waals surface area contributed by atoms with Crippen LogP contribution >= 0.6 is 0 Å². The summed E-state index contributed by atoms with van der Waals surface area (Å²) < 4.78 is 3.59. The topological polar surface area (TPSA) is 76.8 Å². The molecule has 1 saturated heterocycles. The molecule has 1 amide bonds. The molecule has 2 N–H and O–H groups in total. The monoisotopic (exact) mass is 302 g/mol. The van der Waals surface area contributed by atoms with E-state index in [2.05, 4.69) is 20.8 Å². The second-order valence-corrected chi connectivity index (χ2v) is 6.06. The van der Waals surface area contributed by atoms with Crippen LogP contribution in [0.5, 0.6) is 0 Å². The molecular formula is C15H22N6O. The van der Waals surface area contributed by atoms with Gasteiger partial charge in [0.1, 0.15) is 5.82 Å². The van der Waals surface area contributed by atoms with Crippen molar-refractivity contribution < 1.29 is 4.79 Å². The number of aromatic nitrogens is 4. The molecule has 118 valence electrons. The highest BCUT2D eigenvalue weighted by molar-refractivity contribution is 5.92. The summed E-state index contributed by atoms with van der Waals surface area (Å²) in [6, 6.07) is 2.04. The largest absolute Gasteiger partial charge is 0.315 e. The third-order valence-electron chi connectivity index (χ3n) is 4.11. The molecule has 0 aromatic carbocycles. The van der Waals surface area contributed by atoms with E-state index in [9.17, 15) is 4.79 Å². The van der Waals surface area contributed by atoms with E-state index in [1.165, 1.54) is 0 Å². The minimum Gasteiger partial charge on any atom is -0.315 e. The molecule has 0 aliphatic carbocycles. The zero-order valence-corrected chi connectivity index (χ0v) is 13.2. The van der Waals surface area contributed by atoms with Gasteiger partial charge >= 0.3 is 0 Å². The van der Waals surface area contributed by atoms with Crippen LogP contribution in [0.4, 0.5) is 5.82 Å². The Balaban J connectivity index is 1.75. The van der Waals surface area contributed by atoms with Crippen LogP contribution in [-0.4, -0.2) is 38.6 Å². The molecule has 2 aromatic rings. The molecule has 22 heavy (non-hydrogen) atoms. The van der Waals surface area contributed by atoms with Crippen LogP contribution in [0.3, 0.4) is 0 Å². The lowest BCUT2D eigenvalue weighted by Gasteiger charge is -2.18. The Morgan fingerprint density at radius 2 is 2.23 bits per heavy atom. The predicted molar refractivity (Wildman–Crippen MR) is 83.6 cm³/mol. The average Bonchev–Trinajstić information content (AvgIpc) is 3.16. The number of nitrogens with one attached hydrogen (secondary N) is 2. The Hall–Kier alpha value is -2.15. The van der Waals surface area contributed by atoms with Crippen molar-refractivity contribution in [2.45, 2.75) is 25.8 Å². The fraction of sp³-hybridized carbons (Fsp3) is 0.533. The van der Waals surface area contributed by atoms with E-state index in [0.717, 1.165) is 17.9 Å². The van der Waals surface area contributed by atoms with Gasteiger partial charge in [-0.1, -0.05) is 0 Å². The Morgan fingerprint density at radius 3 is 2.91 bits per heavy atom. The number of rotatable bonds is 4. The average molecular weight is 302 g/mol. The van der Waals surface area contributed by atoms with Crippen LogP contribution < -0.4 is 10.6 Å². The van der Waals surface area contributed by atoms with Gasteiger partial charge in [-0.25, -0.2) is 4.68 Å². The molecule has 7 heteroatoms. The van der Waals surface area contributed by atoms with Crippen molar-refractivity contribution >= 4 is 11.7 Å². The highest BCUT2D eigenvalue weighted by atomic mass is 16.2. The minimum absolute atomic E-state index is 0.0289. The van der Waals surface area contributed by atoms with E-state index < -0.39 is 0 Å². The van der Waals surface area contributed by atoms with Gasteiger partial charge in [0.25, 0.3) is 0 Å². The molecule has 0 unspecified atom stereocenters. The number of hydrogen-bond donors (Lipinski definition) is 2. The molecule has 0 saturated carbocycles. The molecule has 0 radical (unpaired) electrons. The first kappa shape index (κ1) is 14.8. The van der Waals surface area contributed by atoms with Gasteiger partial charge in [0, 0.05) is 44.4 Å². The number of amides is 1. The Bertz CT molecular complexity index is 659. The highest BCUT2D eigenvalue weighted by Crippen LogP contribution is 2.29. The van der Waals surface area contributed by atoms with Gasteiger partial charge < -0.3 is 10.6 Å². The molecule has 0 bridgehead atoms. The standard InChI is InChI=1S/C15H22N6O/c1-10(2)21-14(4-5-17-21)19-15(22)13-8-16-7-12(13)11-6-18-20(3)9-11/h4-6,9-10,12-13,16H,7-8H2,1-3H3,(H,19,22)/t12-,13+/m1/s1. The summed E-state index contributed by atoms with van der Waals surface area (Å²) in [5.41, 5.74) is 1.10. The van der Waals surface area contributed by atoms with E-state index in [1.807, 2.05) is 44.0 Å². The molecule has 2 aromatic heterocycles. The predicted octanol–water partition coefficient (Wildman–Crippen LogP) is 1.14. The fourth-order valence-electron chi connectivity index (χ4n) is 2.98. The molecule has 7 nitrogen and oxygen atoms in total. The van der Waals surface area contributed by atoms with Crippen molar-refractivity contribution in [1.82, 2.24) is 24.9 Å². The van der Waals surface area contributed by atoms with Gasteiger partial charge in [-0.3, -0.25) is 9.48 Å². The van der Waals surface area contributed by atoms with Gasteiger partial charge in [-0.2, -0.15) is 10.2 Å². The molecular weight excluding hydrogens is 280 g/mol. The van der Waals surface area contributed by atoms with Crippen LogP contribution in [0.25, 0.3) is 0 Å². The number of anilines is 1. The lowest BCUT2D eigenvalue weighted by molar-refractivity contribution is -0.119. The summed E-state index contributed by atoms with van der Waals surface area (Å²) in [4.78, 5) is 12.7. The van der Waals surface area contributed by atoms with Gasteiger partial charge in [-0.15, -0.1) is 0 Å². The maximum absolute atomic E-state index is 12.7. The summed E-state index contributed by atoms with van der Waals surface area (Å²) in [5.74, 6) is 0.835. The SMILES string of the molecule is CC(C)n1nccc1NC(=O)[C@H]1CNC[C@@H]1c1cnn(C)c1. The maximum atomic E-state index is 12.7. The summed E-state index contributed by atoms with van der Waals surface area (Å²) in [6.07, 6.45) is 5.54.